The molecule has 0 spiro atoms. The van der Waals surface area contributed by atoms with E-state index in [1.165, 1.54) is 25.7 Å². The van der Waals surface area contributed by atoms with Crippen molar-refractivity contribution >= 4 is 5.97 Å². The van der Waals surface area contributed by atoms with Gasteiger partial charge in [0.15, 0.2) is 0 Å². The SMILES string of the molecule is C=CCCCCCOC(=O)CCCCCCCC. The minimum atomic E-state index is -0.0192. The standard InChI is InChI=1S/C16H30O2/c1-3-5-7-9-10-12-14-16(17)18-15-13-11-8-6-4-2/h4H,2-3,5-15H2,1H3. The van der Waals surface area contributed by atoms with Crippen LogP contribution in [0.15, 0.2) is 12.7 Å². The molecule has 0 amide bonds. The molecule has 0 aliphatic heterocycles. The van der Waals surface area contributed by atoms with Crippen LogP contribution in [0.2, 0.25) is 0 Å². The first-order valence-electron chi connectivity index (χ1n) is 7.57. The molecule has 0 fully saturated rings. The first-order valence-corrected chi connectivity index (χ1v) is 7.57. The minimum Gasteiger partial charge on any atom is -0.466 e. The van der Waals surface area contributed by atoms with Gasteiger partial charge in [-0.05, 0) is 32.1 Å². The summed E-state index contributed by atoms with van der Waals surface area (Å²) in [5, 5.41) is 0. The number of hydrogen-bond donors (Lipinski definition) is 0. The first kappa shape index (κ1) is 17.2. The number of esters is 1. The number of carbonyl (C=O) groups is 1. The Morgan fingerprint density at radius 2 is 1.67 bits per heavy atom. The molecule has 0 saturated carbocycles. The second kappa shape index (κ2) is 14.3. The summed E-state index contributed by atoms with van der Waals surface area (Å²) in [7, 11) is 0. The molecule has 0 aromatic heterocycles. The fraction of sp³-hybridized carbons (Fsp3) is 0.812. The maximum absolute atomic E-state index is 11.4. The summed E-state index contributed by atoms with van der Waals surface area (Å²) in [4.78, 5) is 11.4. The molecule has 0 unspecified atom stereocenters. The Morgan fingerprint density at radius 3 is 2.39 bits per heavy atom. The van der Waals surface area contributed by atoms with E-state index in [0.29, 0.717) is 13.0 Å². The normalized spacial score (nSPS) is 10.3. The Kier molecular flexibility index (Phi) is 13.6. The number of ether oxygens (including phenoxy) is 1. The lowest BCUT2D eigenvalue weighted by Gasteiger charge is -2.04. The summed E-state index contributed by atoms with van der Waals surface area (Å²) in [5.74, 6) is -0.0192. The first-order chi connectivity index (χ1) is 8.81. The fourth-order valence-corrected chi connectivity index (χ4v) is 1.88. The lowest BCUT2D eigenvalue weighted by molar-refractivity contribution is -0.143. The van der Waals surface area contributed by atoms with E-state index in [2.05, 4.69) is 13.5 Å². The van der Waals surface area contributed by atoms with E-state index in [1.54, 1.807) is 0 Å². The van der Waals surface area contributed by atoms with Crippen molar-refractivity contribution in [2.75, 3.05) is 6.61 Å². The summed E-state index contributed by atoms with van der Waals surface area (Å²) in [6, 6.07) is 0. The van der Waals surface area contributed by atoms with Crippen molar-refractivity contribution < 1.29 is 9.53 Å². The van der Waals surface area contributed by atoms with Crippen LogP contribution in [0, 0.1) is 0 Å². The molecule has 0 aliphatic carbocycles. The van der Waals surface area contributed by atoms with Gasteiger partial charge in [0, 0.05) is 6.42 Å². The van der Waals surface area contributed by atoms with Crippen molar-refractivity contribution in [1.82, 2.24) is 0 Å². The van der Waals surface area contributed by atoms with Crippen molar-refractivity contribution in [3.05, 3.63) is 12.7 Å². The van der Waals surface area contributed by atoms with Crippen LogP contribution < -0.4 is 0 Å². The summed E-state index contributed by atoms with van der Waals surface area (Å²) in [5.41, 5.74) is 0. The summed E-state index contributed by atoms with van der Waals surface area (Å²) < 4.78 is 5.19. The zero-order valence-corrected chi connectivity index (χ0v) is 12.1. The van der Waals surface area contributed by atoms with Gasteiger partial charge in [0.1, 0.15) is 0 Å². The van der Waals surface area contributed by atoms with Gasteiger partial charge in [0.25, 0.3) is 0 Å². The quantitative estimate of drug-likeness (QED) is 0.262. The highest BCUT2D eigenvalue weighted by Crippen LogP contribution is 2.08. The number of hydrogen-bond acceptors (Lipinski definition) is 2. The lowest BCUT2D eigenvalue weighted by atomic mass is 10.1. The van der Waals surface area contributed by atoms with Crippen LogP contribution in [0.1, 0.15) is 77.6 Å². The van der Waals surface area contributed by atoms with E-state index in [1.807, 2.05) is 6.08 Å². The zero-order chi connectivity index (χ0) is 13.5. The highest BCUT2D eigenvalue weighted by molar-refractivity contribution is 5.69. The topological polar surface area (TPSA) is 26.3 Å². The Hall–Kier alpha value is -0.790. The maximum Gasteiger partial charge on any atom is 0.305 e. The molecule has 18 heavy (non-hydrogen) atoms. The molecule has 0 atom stereocenters. The van der Waals surface area contributed by atoms with Gasteiger partial charge in [-0.25, -0.2) is 0 Å². The molecular weight excluding hydrogens is 224 g/mol. The zero-order valence-electron chi connectivity index (χ0n) is 12.1. The van der Waals surface area contributed by atoms with Crippen LogP contribution in [0.4, 0.5) is 0 Å². The Balaban J connectivity index is 3.15. The number of rotatable bonds is 13. The molecule has 0 rings (SSSR count). The van der Waals surface area contributed by atoms with E-state index < -0.39 is 0 Å². The van der Waals surface area contributed by atoms with Crippen LogP contribution in [0.5, 0.6) is 0 Å². The predicted octanol–water partition coefficient (Wildman–Crippen LogP) is 5.03. The maximum atomic E-state index is 11.4. The second-order valence-corrected chi connectivity index (χ2v) is 4.88. The third-order valence-corrected chi connectivity index (χ3v) is 3.05. The summed E-state index contributed by atoms with van der Waals surface area (Å²) in [6.45, 7) is 6.49. The third kappa shape index (κ3) is 13.3. The number of allylic oxidation sites excluding steroid dienone is 1. The average Bonchev–Trinajstić information content (AvgIpc) is 2.38. The highest BCUT2D eigenvalue weighted by atomic mass is 16.5. The van der Waals surface area contributed by atoms with Crippen molar-refractivity contribution in [2.45, 2.75) is 77.6 Å². The van der Waals surface area contributed by atoms with Crippen LogP contribution in [0.3, 0.4) is 0 Å². The Labute approximate surface area is 113 Å². The summed E-state index contributed by atoms with van der Waals surface area (Å²) >= 11 is 0. The molecule has 0 N–H and O–H groups in total. The minimum absolute atomic E-state index is 0.0192. The van der Waals surface area contributed by atoms with Gasteiger partial charge in [-0.15, -0.1) is 6.58 Å². The van der Waals surface area contributed by atoms with Gasteiger partial charge in [-0.1, -0.05) is 45.1 Å². The Bertz CT molecular complexity index is 199. The van der Waals surface area contributed by atoms with Crippen molar-refractivity contribution in [3.8, 4) is 0 Å². The molecular formula is C16H30O2. The van der Waals surface area contributed by atoms with Gasteiger partial charge < -0.3 is 4.74 Å². The molecule has 0 bridgehead atoms. The molecule has 0 saturated heterocycles. The van der Waals surface area contributed by atoms with Crippen LogP contribution >= 0.6 is 0 Å². The van der Waals surface area contributed by atoms with Gasteiger partial charge in [0.2, 0.25) is 0 Å². The Morgan fingerprint density at radius 1 is 1.00 bits per heavy atom. The van der Waals surface area contributed by atoms with Gasteiger partial charge in [-0.3, -0.25) is 4.79 Å². The lowest BCUT2D eigenvalue weighted by Crippen LogP contribution is -2.05. The molecule has 106 valence electrons. The number of carbonyl (C=O) groups excluding carboxylic acids is 1. The molecule has 2 nitrogen and oxygen atoms in total. The van der Waals surface area contributed by atoms with Crippen molar-refractivity contribution in [2.24, 2.45) is 0 Å². The largest absolute Gasteiger partial charge is 0.466 e. The monoisotopic (exact) mass is 254 g/mol. The van der Waals surface area contributed by atoms with E-state index in [0.717, 1.165) is 38.5 Å². The molecule has 0 aromatic carbocycles. The highest BCUT2D eigenvalue weighted by Gasteiger charge is 2.01. The van der Waals surface area contributed by atoms with Crippen LogP contribution in [-0.4, -0.2) is 12.6 Å². The molecule has 0 heterocycles. The van der Waals surface area contributed by atoms with Crippen molar-refractivity contribution in [3.63, 3.8) is 0 Å². The smallest absolute Gasteiger partial charge is 0.305 e. The van der Waals surface area contributed by atoms with E-state index in [-0.39, 0.29) is 5.97 Å². The molecule has 2 heteroatoms. The summed E-state index contributed by atoms with van der Waals surface area (Å²) in [6.07, 6.45) is 14.1. The van der Waals surface area contributed by atoms with E-state index in [4.69, 9.17) is 4.74 Å². The molecule has 0 radical (unpaired) electrons. The van der Waals surface area contributed by atoms with Crippen LogP contribution in [-0.2, 0) is 9.53 Å². The van der Waals surface area contributed by atoms with E-state index in [9.17, 15) is 4.79 Å². The third-order valence-electron chi connectivity index (χ3n) is 3.05. The molecule has 0 aliphatic rings. The predicted molar refractivity (Wildman–Crippen MR) is 77.6 cm³/mol. The van der Waals surface area contributed by atoms with Crippen LogP contribution in [0.25, 0.3) is 0 Å². The van der Waals surface area contributed by atoms with Gasteiger partial charge >= 0.3 is 5.97 Å². The fourth-order valence-electron chi connectivity index (χ4n) is 1.88. The van der Waals surface area contributed by atoms with Gasteiger partial charge in [-0.2, -0.15) is 0 Å². The second-order valence-electron chi connectivity index (χ2n) is 4.88. The van der Waals surface area contributed by atoms with Gasteiger partial charge in [0.05, 0.1) is 6.61 Å². The van der Waals surface area contributed by atoms with Crippen molar-refractivity contribution in [1.29, 1.82) is 0 Å². The van der Waals surface area contributed by atoms with E-state index >= 15 is 0 Å². The average molecular weight is 254 g/mol. The number of unbranched alkanes of at least 4 members (excludes halogenated alkanes) is 8. The molecule has 0 aromatic rings.